The van der Waals surface area contributed by atoms with E-state index in [-0.39, 0.29) is 0 Å². The Balaban J connectivity index is 2.05. The second kappa shape index (κ2) is 4.68. The molecular weight excluding hydrogens is 240 g/mol. The van der Waals surface area contributed by atoms with E-state index >= 15 is 0 Å². The molecule has 3 rings (SSSR count). The van der Waals surface area contributed by atoms with Crippen LogP contribution >= 0.6 is 0 Å². The summed E-state index contributed by atoms with van der Waals surface area (Å²) in [5, 5.41) is 8.52. The van der Waals surface area contributed by atoms with Crippen LogP contribution in [0.15, 0.2) is 12.4 Å². The van der Waals surface area contributed by atoms with Gasteiger partial charge in [0.25, 0.3) is 0 Å². The Morgan fingerprint density at radius 2 is 2.21 bits per heavy atom. The number of nitrogens with two attached hydrogens (primary N) is 1. The lowest BCUT2D eigenvalue weighted by atomic mass is 10.1. The molecule has 2 N–H and O–H groups in total. The molecule has 2 aromatic heterocycles. The summed E-state index contributed by atoms with van der Waals surface area (Å²) in [5.74, 6) is 1.33. The number of rotatable bonds is 3. The summed E-state index contributed by atoms with van der Waals surface area (Å²) in [6.07, 6.45) is 8.40. The lowest BCUT2D eigenvalue weighted by Crippen LogP contribution is -2.36. The summed E-state index contributed by atoms with van der Waals surface area (Å²) >= 11 is 0. The Labute approximate surface area is 112 Å². The molecule has 102 valence electrons. The zero-order chi connectivity index (χ0) is 13.4. The SMILES string of the molecule is CCCC1CCC(C)N1c1nnc2c(N)nccn12. The summed E-state index contributed by atoms with van der Waals surface area (Å²) in [7, 11) is 0. The van der Waals surface area contributed by atoms with Gasteiger partial charge in [0.05, 0.1) is 0 Å². The van der Waals surface area contributed by atoms with Gasteiger partial charge in [-0.1, -0.05) is 13.3 Å². The van der Waals surface area contributed by atoms with E-state index in [1.165, 1.54) is 25.7 Å². The second-order valence-corrected chi connectivity index (χ2v) is 5.28. The molecule has 3 heterocycles. The maximum Gasteiger partial charge on any atom is 0.232 e. The van der Waals surface area contributed by atoms with E-state index in [0.29, 0.717) is 23.5 Å². The highest BCUT2D eigenvalue weighted by Gasteiger charge is 2.33. The van der Waals surface area contributed by atoms with Gasteiger partial charge in [-0.25, -0.2) is 4.98 Å². The van der Waals surface area contributed by atoms with Gasteiger partial charge in [0.2, 0.25) is 11.6 Å². The number of aromatic nitrogens is 4. The van der Waals surface area contributed by atoms with Crippen LogP contribution in [0, 0.1) is 0 Å². The Morgan fingerprint density at radius 3 is 3.00 bits per heavy atom. The minimum absolute atomic E-state index is 0.431. The summed E-state index contributed by atoms with van der Waals surface area (Å²) in [6.45, 7) is 4.48. The minimum atomic E-state index is 0.431. The average molecular weight is 260 g/mol. The smallest absolute Gasteiger partial charge is 0.232 e. The molecule has 0 amide bonds. The van der Waals surface area contributed by atoms with Crippen LogP contribution < -0.4 is 10.6 Å². The molecule has 0 aliphatic carbocycles. The van der Waals surface area contributed by atoms with Crippen molar-refractivity contribution in [2.45, 2.75) is 51.6 Å². The first-order valence-corrected chi connectivity index (χ1v) is 6.96. The molecule has 2 unspecified atom stereocenters. The Hall–Kier alpha value is -1.85. The van der Waals surface area contributed by atoms with Crippen molar-refractivity contribution in [3.8, 4) is 0 Å². The van der Waals surface area contributed by atoms with Gasteiger partial charge in [-0.15, -0.1) is 10.2 Å². The molecule has 0 saturated carbocycles. The highest BCUT2D eigenvalue weighted by Crippen LogP contribution is 2.31. The summed E-state index contributed by atoms with van der Waals surface area (Å²) in [4.78, 5) is 6.45. The van der Waals surface area contributed by atoms with E-state index in [4.69, 9.17) is 5.73 Å². The number of fused-ring (bicyclic) bond motifs is 1. The first kappa shape index (κ1) is 12.2. The second-order valence-electron chi connectivity index (χ2n) is 5.28. The third-order valence-corrected chi connectivity index (χ3v) is 3.98. The van der Waals surface area contributed by atoms with Crippen LogP contribution in [0.4, 0.5) is 11.8 Å². The van der Waals surface area contributed by atoms with Gasteiger partial charge >= 0.3 is 0 Å². The van der Waals surface area contributed by atoms with E-state index in [0.717, 1.165) is 5.95 Å². The normalized spacial score (nSPS) is 23.4. The largest absolute Gasteiger partial charge is 0.381 e. The fraction of sp³-hybridized carbons (Fsp3) is 0.615. The fourth-order valence-corrected chi connectivity index (χ4v) is 3.06. The standard InChI is InChI=1S/C13H20N6/c1-3-4-10-6-5-9(2)19(10)13-17-16-12-11(14)15-7-8-18(12)13/h7-10H,3-6H2,1-2H3,(H2,14,15). The van der Waals surface area contributed by atoms with Crippen LogP contribution in [0.5, 0.6) is 0 Å². The molecule has 1 fully saturated rings. The topological polar surface area (TPSA) is 72.3 Å². The third kappa shape index (κ3) is 1.91. The highest BCUT2D eigenvalue weighted by molar-refractivity contribution is 5.62. The predicted octanol–water partition coefficient (Wildman–Crippen LogP) is 1.86. The lowest BCUT2D eigenvalue weighted by Gasteiger charge is -2.28. The van der Waals surface area contributed by atoms with Crippen molar-refractivity contribution in [2.24, 2.45) is 0 Å². The molecule has 0 aromatic carbocycles. The molecule has 6 heteroatoms. The fourth-order valence-electron chi connectivity index (χ4n) is 3.06. The number of nitrogen functional groups attached to an aromatic ring is 1. The van der Waals surface area contributed by atoms with Crippen molar-refractivity contribution in [2.75, 3.05) is 10.6 Å². The zero-order valence-electron chi connectivity index (χ0n) is 11.5. The van der Waals surface area contributed by atoms with Crippen molar-refractivity contribution in [3.63, 3.8) is 0 Å². The first-order valence-electron chi connectivity index (χ1n) is 6.96. The quantitative estimate of drug-likeness (QED) is 0.912. The molecule has 19 heavy (non-hydrogen) atoms. The molecule has 1 aliphatic heterocycles. The molecule has 2 aromatic rings. The number of anilines is 2. The van der Waals surface area contributed by atoms with Crippen LogP contribution in [-0.2, 0) is 0 Å². The van der Waals surface area contributed by atoms with Crippen molar-refractivity contribution in [3.05, 3.63) is 12.4 Å². The van der Waals surface area contributed by atoms with Gasteiger partial charge in [0, 0.05) is 24.5 Å². The van der Waals surface area contributed by atoms with E-state index in [9.17, 15) is 0 Å². The van der Waals surface area contributed by atoms with E-state index in [1.54, 1.807) is 6.20 Å². The zero-order valence-corrected chi connectivity index (χ0v) is 11.5. The Morgan fingerprint density at radius 1 is 1.37 bits per heavy atom. The van der Waals surface area contributed by atoms with Gasteiger partial charge in [-0.3, -0.25) is 4.40 Å². The maximum absolute atomic E-state index is 5.84. The molecule has 0 spiro atoms. The molecular formula is C13H20N6. The van der Waals surface area contributed by atoms with Gasteiger partial charge in [0.1, 0.15) is 0 Å². The summed E-state index contributed by atoms with van der Waals surface area (Å²) in [5.41, 5.74) is 6.49. The molecule has 0 bridgehead atoms. The summed E-state index contributed by atoms with van der Waals surface area (Å²) in [6, 6.07) is 1.06. The van der Waals surface area contributed by atoms with Crippen LogP contribution in [0.2, 0.25) is 0 Å². The van der Waals surface area contributed by atoms with E-state index in [2.05, 4.69) is 33.9 Å². The van der Waals surface area contributed by atoms with Crippen LogP contribution in [-0.4, -0.2) is 31.7 Å². The Kier molecular flexibility index (Phi) is 3.00. The van der Waals surface area contributed by atoms with Gasteiger partial charge in [0.15, 0.2) is 5.82 Å². The summed E-state index contributed by atoms with van der Waals surface area (Å²) < 4.78 is 1.95. The number of hydrogen-bond acceptors (Lipinski definition) is 5. The van der Waals surface area contributed by atoms with Crippen molar-refractivity contribution in [1.82, 2.24) is 19.6 Å². The third-order valence-electron chi connectivity index (χ3n) is 3.98. The van der Waals surface area contributed by atoms with Crippen LogP contribution in [0.3, 0.4) is 0 Å². The molecule has 1 saturated heterocycles. The van der Waals surface area contributed by atoms with E-state index < -0.39 is 0 Å². The lowest BCUT2D eigenvalue weighted by molar-refractivity contribution is 0.576. The van der Waals surface area contributed by atoms with Gasteiger partial charge in [-0.2, -0.15) is 0 Å². The monoisotopic (exact) mass is 260 g/mol. The van der Waals surface area contributed by atoms with Gasteiger partial charge in [-0.05, 0) is 26.2 Å². The maximum atomic E-state index is 5.84. The predicted molar refractivity (Wildman–Crippen MR) is 75.1 cm³/mol. The number of hydrogen-bond donors (Lipinski definition) is 1. The average Bonchev–Trinajstić information content (AvgIpc) is 2.95. The highest BCUT2D eigenvalue weighted by atomic mass is 15.4. The van der Waals surface area contributed by atoms with Crippen molar-refractivity contribution < 1.29 is 0 Å². The Bertz CT molecular complexity index is 576. The molecule has 6 nitrogen and oxygen atoms in total. The van der Waals surface area contributed by atoms with Gasteiger partial charge < -0.3 is 10.6 Å². The molecule has 0 radical (unpaired) electrons. The minimum Gasteiger partial charge on any atom is -0.381 e. The molecule has 1 aliphatic rings. The number of nitrogens with zero attached hydrogens (tertiary/aromatic N) is 5. The van der Waals surface area contributed by atoms with E-state index in [1.807, 2.05) is 10.6 Å². The van der Waals surface area contributed by atoms with Crippen LogP contribution in [0.1, 0.15) is 39.5 Å². The molecule has 2 atom stereocenters. The van der Waals surface area contributed by atoms with Crippen LogP contribution in [0.25, 0.3) is 5.65 Å². The van der Waals surface area contributed by atoms with Crippen molar-refractivity contribution in [1.29, 1.82) is 0 Å². The first-order chi connectivity index (χ1) is 9.22. The van der Waals surface area contributed by atoms with Crippen molar-refractivity contribution >= 4 is 17.4 Å².